The Labute approximate surface area is 404 Å². The van der Waals surface area contributed by atoms with Gasteiger partial charge in [0.2, 0.25) is 0 Å². The van der Waals surface area contributed by atoms with E-state index in [1.807, 2.05) is 20.8 Å². The summed E-state index contributed by atoms with van der Waals surface area (Å²) in [5, 5.41) is 28.5. The van der Waals surface area contributed by atoms with Crippen molar-refractivity contribution in [1.82, 2.24) is 5.32 Å². The van der Waals surface area contributed by atoms with Crippen molar-refractivity contribution in [3.8, 4) is 0 Å². The van der Waals surface area contributed by atoms with E-state index in [4.69, 9.17) is 28.1 Å². The van der Waals surface area contributed by atoms with Gasteiger partial charge in [-0.15, -0.1) is 0 Å². The van der Waals surface area contributed by atoms with Crippen molar-refractivity contribution in [1.29, 1.82) is 0 Å². The quantitative estimate of drug-likeness (QED) is 0.0633. The van der Waals surface area contributed by atoms with Crippen molar-refractivity contribution in [2.45, 2.75) is 141 Å². The van der Waals surface area contributed by atoms with Crippen LogP contribution in [-0.2, 0) is 47.3 Å². The van der Waals surface area contributed by atoms with Gasteiger partial charge < -0.3 is 43.6 Å². The summed E-state index contributed by atoms with van der Waals surface area (Å²) in [6.07, 6.45) is -10.8. The lowest BCUT2D eigenvalue weighted by atomic mass is 9.45. The second kappa shape index (κ2) is 20.1. The second-order valence-electron chi connectivity index (χ2n) is 19.7. The molecule has 12 atom stereocenters. The maximum absolute atomic E-state index is 15.8. The highest BCUT2D eigenvalue weighted by Gasteiger charge is 2.76. The lowest BCUT2D eigenvalue weighted by molar-refractivity contribution is -0.337. The largest absolute Gasteiger partial charge is 0.458 e. The standard InChI is InChI=1S/C53H65NO14Si/c1-10-69(11-2,12-3)68-45(40(33-22-16-13-17-23-33)54-48(60)34-24-18-14-19-25-34)50(62)65-42-30(4)38-44(64-31(5)55)47(59)52(9)36(57)28-37-53(29-63-37,67-32(6)56)46(52)43(39(41(42)58)51(38,7)8)66-49(61)35-26-20-15-21-27-35/h13-27,36-37,39-46,57-58H,10-12,28-29H2,1-9H3,(H,54,60)/t36-,37+,39?,40-,41+,42+,43+,44+,45+,46?,52+,53-/m0/s1. The first-order valence-electron chi connectivity index (χ1n) is 23.9. The van der Waals surface area contributed by atoms with E-state index in [1.165, 1.54) is 26.0 Å². The molecule has 1 amide bonds. The van der Waals surface area contributed by atoms with Crippen molar-refractivity contribution < 1.29 is 67.1 Å². The van der Waals surface area contributed by atoms with Gasteiger partial charge in [-0.3, -0.25) is 19.2 Å². The molecule has 16 heteroatoms. The van der Waals surface area contributed by atoms with Crippen LogP contribution in [0.4, 0.5) is 0 Å². The summed E-state index contributed by atoms with van der Waals surface area (Å²) < 4.78 is 38.4. The number of rotatable bonds is 15. The summed E-state index contributed by atoms with van der Waals surface area (Å²) >= 11 is 0. The zero-order valence-electron chi connectivity index (χ0n) is 40.8. The summed E-state index contributed by atoms with van der Waals surface area (Å²) in [6, 6.07) is 26.2. The highest BCUT2D eigenvalue weighted by atomic mass is 28.4. The summed E-state index contributed by atoms with van der Waals surface area (Å²) in [5.74, 6) is -7.39. The van der Waals surface area contributed by atoms with E-state index in [0.29, 0.717) is 29.3 Å². The third kappa shape index (κ3) is 9.21. The minimum absolute atomic E-state index is 0.127. The van der Waals surface area contributed by atoms with Crippen molar-refractivity contribution in [2.75, 3.05) is 6.61 Å². The van der Waals surface area contributed by atoms with Gasteiger partial charge >= 0.3 is 23.9 Å². The van der Waals surface area contributed by atoms with Gasteiger partial charge in [0.1, 0.15) is 24.4 Å². The monoisotopic (exact) mass is 967 g/mol. The Morgan fingerprint density at radius 3 is 1.88 bits per heavy atom. The van der Waals surface area contributed by atoms with Gasteiger partial charge in [0.05, 0.1) is 35.6 Å². The average Bonchev–Trinajstić information content (AvgIpc) is 3.32. The van der Waals surface area contributed by atoms with Crippen molar-refractivity contribution in [3.63, 3.8) is 0 Å². The van der Waals surface area contributed by atoms with Crippen LogP contribution in [0.1, 0.15) is 101 Å². The molecule has 3 aromatic rings. The Morgan fingerprint density at radius 1 is 0.797 bits per heavy atom. The molecular formula is C53H65NO14Si. The Morgan fingerprint density at radius 2 is 1.36 bits per heavy atom. The van der Waals surface area contributed by atoms with Gasteiger partial charge in [0.15, 0.2) is 31.9 Å². The third-order valence-electron chi connectivity index (χ3n) is 15.6. The summed E-state index contributed by atoms with van der Waals surface area (Å²) in [5.41, 5.74) is -3.76. The highest BCUT2D eigenvalue weighted by molar-refractivity contribution is 6.73. The molecule has 2 saturated carbocycles. The number of Topliss-reactive ketones (excluding diaryl/α,β-unsaturated/α-hetero) is 1. The fraction of sp³-hybridized carbons (Fsp3) is 0.509. The minimum atomic E-state index is -2.76. The smallest absolute Gasteiger partial charge is 0.338 e. The lowest BCUT2D eigenvalue weighted by Gasteiger charge is -2.66. The fourth-order valence-electron chi connectivity index (χ4n) is 11.8. The SMILES string of the molecule is CC[Si](CC)(CC)O[C@@H](C(=O)O[C@@H]1C(C)=C2[C@@H](OC(C)=O)C(=O)[C@@]3(C)C([C@H](OC(=O)c4ccccc4)C([C@H]1O)C2(C)C)[C@]1(OC(C)=O)CO[C@@H]1C[C@@H]3O)[C@@H](NC(=O)c1ccccc1)c1ccccc1. The van der Waals surface area contributed by atoms with Crippen LogP contribution in [-0.4, -0.2) is 109 Å². The number of hydrogen-bond donors (Lipinski definition) is 3. The van der Waals surface area contributed by atoms with Gasteiger partial charge in [-0.1, -0.05) is 101 Å². The number of hydrogen-bond acceptors (Lipinski definition) is 14. The fourth-order valence-corrected chi connectivity index (χ4v) is 14.6. The lowest BCUT2D eigenvalue weighted by Crippen LogP contribution is -2.80. The van der Waals surface area contributed by atoms with E-state index < -0.39 is 121 Å². The third-order valence-corrected chi connectivity index (χ3v) is 20.2. The Bertz CT molecular complexity index is 2430. The molecule has 0 radical (unpaired) electrons. The zero-order valence-corrected chi connectivity index (χ0v) is 41.8. The number of aliphatic hydroxyl groups excluding tert-OH is 2. The number of ether oxygens (including phenoxy) is 5. The van der Waals surface area contributed by atoms with Crippen LogP contribution in [0, 0.1) is 22.7 Å². The summed E-state index contributed by atoms with van der Waals surface area (Å²) in [7, 11) is -2.76. The van der Waals surface area contributed by atoms with Crippen LogP contribution in [0.3, 0.4) is 0 Å². The van der Waals surface area contributed by atoms with E-state index in [0.717, 1.165) is 6.92 Å². The average molecular weight is 968 g/mol. The predicted molar refractivity (Wildman–Crippen MR) is 254 cm³/mol. The maximum atomic E-state index is 15.8. The van der Waals surface area contributed by atoms with E-state index >= 15 is 9.59 Å². The molecule has 3 N–H and O–H groups in total. The summed E-state index contributed by atoms with van der Waals surface area (Å²) in [6.45, 7) is 14.5. The molecule has 4 aliphatic rings. The number of carbonyl (C=O) groups is 6. The van der Waals surface area contributed by atoms with Crippen molar-refractivity contribution in [3.05, 3.63) is 119 Å². The van der Waals surface area contributed by atoms with E-state index in [-0.39, 0.29) is 29.7 Å². The van der Waals surface area contributed by atoms with E-state index in [9.17, 15) is 29.4 Å². The Balaban J connectivity index is 1.44. The Hall–Kier alpha value is -5.52. The number of benzene rings is 3. The molecule has 2 unspecified atom stereocenters. The molecule has 15 nitrogen and oxygen atoms in total. The first-order chi connectivity index (χ1) is 32.7. The molecule has 3 fully saturated rings. The predicted octanol–water partition coefficient (Wildman–Crippen LogP) is 6.62. The van der Waals surface area contributed by atoms with Crippen LogP contribution in [0.15, 0.2) is 102 Å². The summed E-state index contributed by atoms with van der Waals surface area (Å²) in [4.78, 5) is 86.2. The zero-order chi connectivity index (χ0) is 50.2. The minimum Gasteiger partial charge on any atom is -0.458 e. The van der Waals surface area contributed by atoms with Crippen LogP contribution < -0.4 is 5.32 Å². The number of esters is 4. The Kier molecular flexibility index (Phi) is 14.9. The number of amides is 1. The molecule has 1 saturated heterocycles. The molecule has 1 aliphatic heterocycles. The first kappa shape index (κ1) is 51.3. The molecule has 3 aromatic carbocycles. The molecular weight excluding hydrogens is 903 g/mol. The van der Waals surface area contributed by atoms with Crippen LogP contribution in [0.5, 0.6) is 0 Å². The van der Waals surface area contributed by atoms with Gasteiger partial charge in [-0.05, 0) is 78.4 Å². The van der Waals surface area contributed by atoms with Crippen molar-refractivity contribution in [2.24, 2.45) is 22.7 Å². The molecule has 2 bridgehead atoms. The number of carbonyl (C=O) groups excluding carboxylic acids is 6. The van der Waals surface area contributed by atoms with Gasteiger partial charge in [-0.25, -0.2) is 9.59 Å². The maximum Gasteiger partial charge on any atom is 0.338 e. The van der Waals surface area contributed by atoms with E-state index in [1.54, 1.807) is 99.6 Å². The number of fused-ring (bicyclic) bond motifs is 5. The number of nitrogens with one attached hydrogen (secondary N) is 1. The van der Waals surface area contributed by atoms with E-state index in [2.05, 4.69) is 5.32 Å². The molecule has 69 heavy (non-hydrogen) atoms. The molecule has 7 rings (SSSR count). The normalized spacial score (nSPS) is 30.1. The van der Waals surface area contributed by atoms with Gasteiger partial charge in [-0.2, -0.15) is 0 Å². The molecule has 370 valence electrons. The van der Waals surface area contributed by atoms with Gasteiger partial charge in [0, 0.05) is 31.7 Å². The highest BCUT2D eigenvalue weighted by Crippen LogP contribution is 2.63. The topological polar surface area (TPSA) is 210 Å². The molecule has 1 heterocycles. The van der Waals surface area contributed by atoms with Crippen molar-refractivity contribution >= 4 is 43.9 Å². The molecule has 0 spiro atoms. The van der Waals surface area contributed by atoms with Crippen LogP contribution in [0.2, 0.25) is 18.1 Å². The van der Waals surface area contributed by atoms with Crippen LogP contribution >= 0.6 is 0 Å². The molecule has 3 aliphatic carbocycles. The number of aliphatic hydroxyl groups is 2. The first-order valence-corrected chi connectivity index (χ1v) is 26.4. The molecule has 0 aromatic heterocycles. The number of ketones is 1. The van der Waals surface area contributed by atoms with Gasteiger partial charge in [0.25, 0.3) is 5.91 Å². The second-order valence-corrected chi connectivity index (χ2v) is 24.4. The van der Waals surface area contributed by atoms with Crippen LogP contribution in [0.25, 0.3) is 0 Å².